The summed E-state index contributed by atoms with van der Waals surface area (Å²) in [5, 5.41) is 0. The van der Waals surface area contributed by atoms with Crippen LogP contribution >= 0.6 is 0 Å². The van der Waals surface area contributed by atoms with Gasteiger partial charge in [-0.2, -0.15) is 0 Å². The summed E-state index contributed by atoms with van der Waals surface area (Å²) in [5.74, 6) is 5.51. The molecule has 2 heterocycles. The molecule has 1 unspecified atom stereocenters. The molecule has 4 fully saturated rings. The van der Waals surface area contributed by atoms with Crippen LogP contribution in [0.2, 0.25) is 0 Å². The number of hydrogen-bond donors (Lipinski definition) is 0. The molecule has 6 aliphatic rings. The van der Waals surface area contributed by atoms with E-state index in [0.29, 0.717) is 23.2 Å². The number of likely N-dealkylation sites (tertiary alicyclic amines) is 1. The number of ketones is 1. The number of fused-ring (bicyclic) bond motifs is 7. The third kappa shape index (κ3) is 3.98. The summed E-state index contributed by atoms with van der Waals surface area (Å²) in [4.78, 5) is 14.8. The number of ether oxygens (including phenoxy) is 1. The summed E-state index contributed by atoms with van der Waals surface area (Å²) in [5.41, 5.74) is 3.77. The van der Waals surface area contributed by atoms with E-state index in [1.807, 2.05) is 6.08 Å². The third-order valence-electron chi connectivity index (χ3n) is 12.1. The molecule has 0 bridgehead atoms. The van der Waals surface area contributed by atoms with Gasteiger partial charge in [-0.1, -0.05) is 32.8 Å². The van der Waals surface area contributed by atoms with Crippen molar-refractivity contribution in [3.8, 4) is 0 Å². The van der Waals surface area contributed by atoms with Gasteiger partial charge in [-0.15, -0.1) is 0 Å². The van der Waals surface area contributed by atoms with Gasteiger partial charge in [0.05, 0.1) is 5.76 Å². The van der Waals surface area contributed by atoms with Crippen molar-refractivity contribution in [1.29, 1.82) is 0 Å². The molecule has 194 valence electrons. The quantitative estimate of drug-likeness (QED) is 0.414. The van der Waals surface area contributed by atoms with E-state index in [-0.39, 0.29) is 5.41 Å². The number of rotatable bonds is 5. The van der Waals surface area contributed by atoms with Crippen LogP contribution in [-0.4, -0.2) is 36.4 Å². The van der Waals surface area contributed by atoms with E-state index in [1.165, 1.54) is 82.3 Å². The monoisotopic (exact) mass is 479 g/mol. The van der Waals surface area contributed by atoms with Crippen molar-refractivity contribution in [1.82, 2.24) is 4.90 Å². The molecule has 0 aromatic carbocycles. The average molecular weight is 480 g/mol. The standard InChI is InChI=1S/C32H49NO2/c1-21(20-33-16-6-5-7-17-33)8-11-28-22(2)30-29(35-28)19-27-25-10-9-23-18-24(34)12-14-31(23,3)26(25)13-15-32(27,30)4/h18,21,25-27,29-30H,5-17,19-20H2,1-4H3/t21?,25-,26+,27+,29+,30+,31+,32+/m1/s1. The summed E-state index contributed by atoms with van der Waals surface area (Å²) in [6.45, 7) is 13.9. The van der Waals surface area contributed by atoms with Gasteiger partial charge in [-0.3, -0.25) is 4.79 Å². The van der Waals surface area contributed by atoms with E-state index in [1.54, 1.807) is 5.57 Å². The second kappa shape index (κ2) is 9.03. The van der Waals surface area contributed by atoms with Crippen molar-refractivity contribution in [2.75, 3.05) is 19.6 Å². The summed E-state index contributed by atoms with van der Waals surface area (Å²) >= 11 is 0. The predicted molar refractivity (Wildman–Crippen MR) is 142 cm³/mol. The van der Waals surface area contributed by atoms with Gasteiger partial charge in [0.1, 0.15) is 6.10 Å². The Morgan fingerprint density at radius 2 is 1.89 bits per heavy atom. The second-order valence-corrected chi connectivity index (χ2v) is 14.0. The van der Waals surface area contributed by atoms with E-state index in [9.17, 15) is 4.79 Å². The molecular weight excluding hydrogens is 430 g/mol. The predicted octanol–water partition coefficient (Wildman–Crippen LogP) is 7.32. The van der Waals surface area contributed by atoms with Crippen molar-refractivity contribution in [2.45, 2.75) is 111 Å². The molecule has 3 heteroatoms. The summed E-state index contributed by atoms with van der Waals surface area (Å²) in [6.07, 6.45) is 17.3. The lowest BCUT2D eigenvalue weighted by atomic mass is 9.46. The molecular formula is C32H49NO2. The number of hydrogen-bond acceptors (Lipinski definition) is 3. The van der Waals surface area contributed by atoms with Crippen LogP contribution in [0.5, 0.6) is 0 Å². The first-order valence-electron chi connectivity index (χ1n) is 15.1. The maximum absolute atomic E-state index is 12.1. The highest BCUT2D eigenvalue weighted by Gasteiger charge is 2.63. The van der Waals surface area contributed by atoms with E-state index in [4.69, 9.17) is 4.74 Å². The molecule has 0 radical (unpaired) electrons. The summed E-state index contributed by atoms with van der Waals surface area (Å²) in [7, 11) is 0. The molecule has 0 amide bonds. The van der Waals surface area contributed by atoms with E-state index >= 15 is 0 Å². The lowest BCUT2D eigenvalue weighted by Crippen LogP contribution is -2.50. The van der Waals surface area contributed by atoms with Gasteiger partial charge in [0.2, 0.25) is 0 Å². The Morgan fingerprint density at radius 3 is 2.69 bits per heavy atom. The number of carbonyl (C=O) groups excluding carboxylic acids is 1. The van der Waals surface area contributed by atoms with Crippen molar-refractivity contribution in [2.24, 2.45) is 40.4 Å². The highest BCUT2D eigenvalue weighted by Crippen LogP contribution is 2.69. The molecule has 4 aliphatic carbocycles. The molecule has 35 heavy (non-hydrogen) atoms. The van der Waals surface area contributed by atoms with Crippen molar-refractivity contribution >= 4 is 5.78 Å². The number of carbonyl (C=O) groups is 1. The molecule has 6 rings (SSSR count). The normalized spacial score (nSPS) is 44.2. The number of nitrogens with zero attached hydrogens (tertiary/aromatic N) is 1. The van der Waals surface area contributed by atoms with E-state index in [2.05, 4.69) is 32.6 Å². The van der Waals surface area contributed by atoms with Crippen LogP contribution in [0.4, 0.5) is 0 Å². The fraction of sp³-hybridized carbons (Fsp3) is 0.844. The molecule has 3 saturated carbocycles. The Morgan fingerprint density at radius 1 is 1.09 bits per heavy atom. The minimum atomic E-state index is 0.275. The SMILES string of the molecule is CC1=C(CCC(C)CN2CCCCC2)O[C@H]2C[C@H]3[C@@H]4CCC5=CC(=O)CC[C@]5(C)[C@H]4CC[C@]3(C)[C@@H]12. The van der Waals surface area contributed by atoms with Gasteiger partial charge in [0.25, 0.3) is 0 Å². The molecule has 0 N–H and O–H groups in total. The van der Waals surface area contributed by atoms with Crippen LogP contribution in [0.25, 0.3) is 0 Å². The lowest BCUT2D eigenvalue weighted by Gasteiger charge is -2.58. The highest BCUT2D eigenvalue weighted by atomic mass is 16.5. The Labute approximate surface area is 214 Å². The second-order valence-electron chi connectivity index (χ2n) is 14.0. The van der Waals surface area contributed by atoms with Crippen molar-refractivity contribution < 1.29 is 9.53 Å². The van der Waals surface area contributed by atoms with Gasteiger partial charge in [0, 0.05) is 25.3 Å². The van der Waals surface area contributed by atoms with Gasteiger partial charge in [-0.05, 0) is 124 Å². The smallest absolute Gasteiger partial charge is 0.155 e. The van der Waals surface area contributed by atoms with Crippen molar-refractivity contribution in [3.63, 3.8) is 0 Å². The Balaban J connectivity index is 1.14. The first-order chi connectivity index (χ1) is 16.8. The Kier molecular flexibility index (Phi) is 6.26. The molecule has 2 aliphatic heterocycles. The minimum absolute atomic E-state index is 0.275. The largest absolute Gasteiger partial charge is 0.494 e. The fourth-order valence-corrected chi connectivity index (χ4v) is 10.2. The van der Waals surface area contributed by atoms with Crippen LogP contribution < -0.4 is 0 Å². The first-order valence-corrected chi connectivity index (χ1v) is 15.1. The molecule has 0 spiro atoms. The molecule has 8 atom stereocenters. The third-order valence-corrected chi connectivity index (χ3v) is 12.1. The first kappa shape index (κ1) is 24.3. The average Bonchev–Trinajstić information content (AvgIpc) is 3.32. The molecule has 1 saturated heterocycles. The molecule has 3 nitrogen and oxygen atoms in total. The zero-order valence-electron chi connectivity index (χ0n) is 22.9. The summed E-state index contributed by atoms with van der Waals surface area (Å²) in [6, 6.07) is 0. The van der Waals surface area contributed by atoms with Gasteiger partial charge < -0.3 is 9.64 Å². The number of allylic oxidation sites excluding steroid dienone is 2. The Hall–Kier alpha value is -1.09. The summed E-state index contributed by atoms with van der Waals surface area (Å²) < 4.78 is 6.83. The van der Waals surface area contributed by atoms with E-state index in [0.717, 1.165) is 49.4 Å². The van der Waals surface area contributed by atoms with Crippen LogP contribution in [-0.2, 0) is 9.53 Å². The Bertz CT molecular complexity index is 913. The van der Waals surface area contributed by atoms with Gasteiger partial charge in [-0.25, -0.2) is 0 Å². The fourth-order valence-electron chi connectivity index (χ4n) is 10.2. The topological polar surface area (TPSA) is 29.5 Å². The van der Waals surface area contributed by atoms with Gasteiger partial charge in [0.15, 0.2) is 5.78 Å². The highest BCUT2D eigenvalue weighted by molar-refractivity contribution is 5.91. The van der Waals surface area contributed by atoms with Crippen LogP contribution in [0.3, 0.4) is 0 Å². The number of piperidine rings is 1. The molecule has 0 aromatic heterocycles. The minimum Gasteiger partial charge on any atom is -0.494 e. The zero-order chi connectivity index (χ0) is 24.4. The maximum atomic E-state index is 12.1. The van der Waals surface area contributed by atoms with Crippen LogP contribution in [0.1, 0.15) is 105 Å². The van der Waals surface area contributed by atoms with Crippen LogP contribution in [0.15, 0.2) is 23.0 Å². The van der Waals surface area contributed by atoms with Crippen molar-refractivity contribution in [3.05, 3.63) is 23.0 Å². The zero-order valence-corrected chi connectivity index (χ0v) is 22.9. The van der Waals surface area contributed by atoms with Crippen LogP contribution in [0, 0.1) is 40.4 Å². The van der Waals surface area contributed by atoms with E-state index < -0.39 is 0 Å². The molecule has 0 aromatic rings. The van der Waals surface area contributed by atoms with Gasteiger partial charge >= 0.3 is 0 Å². The lowest BCUT2D eigenvalue weighted by molar-refractivity contribution is -0.117. The maximum Gasteiger partial charge on any atom is 0.155 e.